The summed E-state index contributed by atoms with van der Waals surface area (Å²) in [4.78, 5) is 11.2. The summed E-state index contributed by atoms with van der Waals surface area (Å²) in [6.07, 6.45) is 1.63. The third-order valence-electron chi connectivity index (χ3n) is 3.83. The van der Waals surface area contributed by atoms with Gasteiger partial charge in [-0.15, -0.1) is 0 Å². The fourth-order valence-electron chi connectivity index (χ4n) is 2.46. The van der Waals surface area contributed by atoms with Crippen LogP contribution in [0.15, 0.2) is 24.3 Å². The average molecular weight is 328 g/mol. The molecule has 2 rings (SSSR count). The molecule has 0 aliphatic heterocycles. The van der Waals surface area contributed by atoms with Crippen molar-refractivity contribution in [3.8, 4) is 23.0 Å². The molecular formula is C20H24O4. The van der Waals surface area contributed by atoms with E-state index in [1.165, 1.54) is 0 Å². The number of methoxy groups -OCH3 is 1. The first-order valence-electron chi connectivity index (χ1n) is 8.05. The normalized spacial score (nSPS) is 10.4. The molecule has 2 aromatic rings. The maximum Gasteiger partial charge on any atom is 0.204 e. The third-order valence-corrected chi connectivity index (χ3v) is 3.83. The van der Waals surface area contributed by atoms with Gasteiger partial charge < -0.3 is 14.2 Å². The van der Waals surface area contributed by atoms with Crippen molar-refractivity contribution in [3.05, 3.63) is 46.5 Å². The van der Waals surface area contributed by atoms with Gasteiger partial charge in [0.2, 0.25) is 5.75 Å². The Morgan fingerprint density at radius 2 is 1.71 bits per heavy atom. The Kier molecular flexibility index (Phi) is 5.85. The van der Waals surface area contributed by atoms with E-state index in [0.29, 0.717) is 29.4 Å². The number of carbonyl (C=O) groups is 1. The zero-order valence-corrected chi connectivity index (χ0v) is 14.9. The van der Waals surface area contributed by atoms with E-state index in [1.807, 2.05) is 33.8 Å². The van der Waals surface area contributed by atoms with Crippen LogP contribution in [-0.2, 0) is 0 Å². The summed E-state index contributed by atoms with van der Waals surface area (Å²) in [7, 11) is 1.55. The predicted octanol–water partition coefficient (Wildman–Crippen LogP) is 5.01. The Morgan fingerprint density at radius 3 is 2.33 bits per heavy atom. The highest BCUT2D eigenvalue weighted by atomic mass is 16.5. The van der Waals surface area contributed by atoms with Crippen molar-refractivity contribution in [2.75, 3.05) is 13.7 Å². The summed E-state index contributed by atoms with van der Waals surface area (Å²) < 4.78 is 17.3. The van der Waals surface area contributed by atoms with Gasteiger partial charge in [-0.2, -0.15) is 0 Å². The zero-order chi connectivity index (χ0) is 17.7. The summed E-state index contributed by atoms with van der Waals surface area (Å²) in [6.45, 7) is 8.65. The number of carbonyl (C=O) groups excluding carboxylic acids is 1. The van der Waals surface area contributed by atoms with Gasteiger partial charge in [0, 0.05) is 5.56 Å². The van der Waals surface area contributed by atoms with E-state index in [1.54, 1.807) is 19.2 Å². The molecule has 2 aromatic carbocycles. The Bertz CT molecular complexity index is 735. The largest absolute Gasteiger partial charge is 0.493 e. The summed E-state index contributed by atoms with van der Waals surface area (Å²) in [6, 6.07) is 7.42. The lowest BCUT2D eigenvalue weighted by molar-refractivity contribution is 0.112. The van der Waals surface area contributed by atoms with Gasteiger partial charge in [0.05, 0.1) is 13.7 Å². The second-order valence-corrected chi connectivity index (χ2v) is 5.82. The molecule has 0 radical (unpaired) electrons. The summed E-state index contributed by atoms with van der Waals surface area (Å²) in [5.74, 6) is 2.24. The summed E-state index contributed by atoms with van der Waals surface area (Å²) in [5.41, 5.74) is 3.80. The van der Waals surface area contributed by atoms with E-state index in [2.05, 4.69) is 6.07 Å². The fourth-order valence-corrected chi connectivity index (χ4v) is 2.46. The van der Waals surface area contributed by atoms with Crippen molar-refractivity contribution in [2.45, 2.75) is 34.1 Å². The third kappa shape index (κ3) is 3.88. The highest BCUT2D eigenvalue weighted by molar-refractivity contribution is 5.78. The van der Waals surface area contributed by atoms with E-state index in [0.717, 1.165) is 35.1 Å². The Labute approximate surface area is 143 Å². The molecule has 0 saturated carbocycles. The SMILES string of the molecule is CCCOc1c(OC)cc(C=O)cc1Oc1cc(C)cc(C)c1C. The van der Waals surface area contributed by atoms with Gasteiger partial charge in [-0.25, -0.2) is 0 Å². The van der Waals surface area contributed by atoms with E-state index in [-0.39, 0.29) is 0 Å². The number of rotatable bonds is 7. The maximum absolute atomic E-state index is 11.2. The van der Waals surface area contributed by atoms with E-state index in [4.69, 9.17) is 14.2 Å². The number of ether oxygens (including phenoxy) is 3. The molecule has 0 fully saturated rings. The minimum absolute atomic E-state index is 0.479. The lowest BCUT2D eigenvalue weighted by atomic mass is 10.1. The lowest BCUT2D eigenvalue weighted by Crippen LogP contribution is -2.02. The monoisotopic (exact) mass is 328 g/mol. The number of aryl methyl sites for hydroxylation is 2. The maximum atomic E-state index is 11.2. The van der Waals surface area contributed by atoms with Crippen LogP contribution in [-0.4, -0.2) is 20.0 Å². The molecule has 0 amide bonds. The molecule has 128 valence electrons. The number of hydrogen-bond acceptors (Lipinski definition) is 4. The number of benzene rings is 2. The van der Waals surface area contributed by atoms with Crippen molar-refractivity contribution in [1.82, 2.24) is 0 Å². The molecule has 0 atom stereocenters. The van der Waals surface area contributed by atoms with Crippen LogP contribution in [0.1, 0.15) is 40.4 Å². The molecule has 4 heteroatoms. The Hall–Kier alpha value is -2.49. The van der Waals surface area contributed by atoms with Crippen LogP contribution in [0.5, 0.6) is 23.0 Å². The van der Waals surface area contributed by atoms with E-state index in [9.17, 15) is 4.79 Å². The highest BCUT2D eigenvalue weighted by Crippen LogP contribution is 2.41. The second kappa shape index (κ2) is 7.86. The smallest absolute Gasteiger partial charge is 0.204 e. The molecule has 0 heterocycles. The molecular weight excluding hydrogens is 304 g/mol. The molecule has 0 saturated heterocycles. The number of hydrogen-bond donors (Lipinski definition) is 0. The Balaban J connectivity index is 2.53. The van der Waals surface area contributed by atoms with E-state index >= 15 is 0 Å². The van der Waals surface area contributed by atoms with Crippen LogP contribution in [0.25, 0.3) is 0 Å². The van der Waals surface area contributed by atoms with Gasteiger partial charge in [-0.1, -0.05) is 13.0 Å². The first-order chi connectivity index (χ1) is 11.5. The quantitative estimate of drug-likeness (QED) is 0.670. The second-order valence-electron chi connectivity index (χ2n) is 5.82. The van der Waals surface area contributed by atoms with Crippen LogP contribution < -0.4 is 14.2 Å². The van der Waals surface area contributed by atoms with Crippen molar-refractivity contribution in [1.29, 1.82) is 0 Å². The molecule has 0 bridgehead atoms. The van der Waals surface area contributed by atoms with Gasteiger partial charge >= 0.3 is 0 Å². The van der Waals surface area contributed by atoms with Crippen molar-refractivity contribution in [2.24, 2.45) is 0 Å². The molecule has 0 unspecified atom stereocenters. The molecule has 4 nitrogen and oxygen atoms in total. The van der Waals surface area contributed by atoms with Gasteiger partial charge in [0.25, 0.3) is 0 Å². The molecule has 24 heavy (non-hydrogen) atoms. The molecule has 0 spiro atoms. The predicted molar refractivity (Wildman–Crippen MR) is 94.9 cm³/mol. The average Bonchev–Trinajstić information content (AvgIpc) is 2.57. The van der Waals surface area contributed by atoms with Crippen LogP contribution in [0, 0.1) is 20.8 Å². The number of aldehydes is 1. The van der Waals surface area contributed by atoms with Gasteiger partial charge in [-0.3, -0.25) is 4.79 Å². The summed E-state index contributed by atoms with van der Waals surface area (Å²) in [5, 5.41) is 0. The minimum Gasteiger partial charge on any atom is -0.493 e. The van der Waals surface area contributed by atoms with Gasteiger partial charge in [0.15, 0.2) is 11.5 Å². The van der Waals surface area contributed by atoms with Crippen LogP contribution in [0.3, 0.4) is 0 Å². The molecule has 0 aromatic heterocycles. The van der Waals surface area contributed by atoms with Crippen LogP contribution in [0.4, 0.5) is 0 Å². The minimum atomic E-state index is 0.479. The first kappa shape index (κ1) is 17.9. The van der Waals surface area contributed by atoms with E-state index < -0.39 is 0 Å². The van der Waals surface area contributed by atoms with Crippen molar-refractivity contribution in [3.63, 3.8) is 0 Å². The molecule has 0 aliphatic rings. The highest BCUT2D eigenvalue weighted by Gasteiger charge is 2.17. The van der Waals surface area contributed by atoms with Crippen LogP contribution in [0.2, 0.25) is 0 Å². The van der Waals surface area contributed by atoms with Gasteiger partial charge in [-0.05, 0) is 62.1 Å². The van der Waals surface area contributed by atoms with Crippen molar-refractivity contribution < 1.29 is 19.0 Å². The lowest BCUT2D eigenvalue weighted by Gasteiger charge is -2.18. The van der Waals surface area contributed by atoms with Crippen molar-refractivity contribution >= 4 is 6.29 Å². The molecule has 0 N–H and O–H groups in total. The fraction of sp³-hybridized carbons (Fsp3) is 0.350. The topological polar surface area (TPSA) is 44.8 Å². The summed E-state index contributed by atoms with van der Waals surface area (Å²) >= 11 is 0. The Morgan fingerprint density at radius 1 is 1.00 bits per heavy atom. The standard InChI is InChI=1S/C20H24O4/c1-6-7-23-20-18(22-5)10-16(12-21)11-19(20)24-17-9-13(2)8-14(3)15(17)4/h8-12H,6-7H2,1-5H3. The zero-order valence-electron chi connectivity index (χ0n) is 14.9. The van der Waals surface area contributed by atoms with Gasteiger partial charge in [0.1, 0.15) is 12.0 Å². The van der Waals surface area contributed by atoms with Crippen LogP contribution >= 0.6 is 0 Å². The molecule has 0 aliphatic carbocycles. The first-order valence-corrected chi connectivity index (χ1v) is 8.05.